The molecule has 0 saturated heterocycles. The summed E-state index contributed by atoms with van der Waals surface area (Å²) in [6, 6.07) is 13.7. The molecule has 0 atom stereocenters. The third-order valence-electron chi connectivity index (χ3n) is 3.34. The van der Waals surface area contributed by atoms with E-state index in [0.717, 1.165) is 23.4 Å². The molecule has 0 spiro atoms. The van der Waals surface area contributed by atoms with Crippen molar-refractivity contribution in [3.8, 4) is 11.3 Å². The van der Waals surface area contributed by atoms with Crippen LogP contribution in [0, 0.1) is 11.6 Å². The van der Waals surface area contributed by atoms with Crippen LogP contribution in [-0.2, 0) is 4.79 Å². The van der Waals surface area contributed by atoms with Crippen molar-refractivity contribution in [3.63, 3.8) is 0 Å². The molecule has 132 valence electrons. The second-order valence-electron chi connectivity index (χ2n) is 5.22. The van der Waals surface area contributed by atoms with E-state index in [-0.39, 0.29) is 11.4 Å². The van der Waals surface area contributed by atoms with Gasteiger partial charge < -0.3 is 5.32 Å². The number of carbonyl (C=O) groups is 1. The molecule has 1 N–H and O–H groups in total. The first kappa shape index (κ1) is 18.3. The van der Waals surface area contributed by atoms with Crippen LogP contribution < -0.4 is 5.32 Å². The minimum Gasteiger partial charge on any atom is -0.323 e. The summed E-state index contributed by atoms with van der Waals surface area (Å²) in [5, 5.41) is 11.8. The molecule has 26 heavy (non-hydrogen) atoms. The normalized spacial score (nSPS) is 10.6. The van der Waals surface area contributed by atoms with Crippen molar-refractivity contribution >= 4 is 35.0 Å². The summed E-state index contributed by atoms with van der Waals surface area (Å²) < 4.78 is 26.4. The average Bonchev–Trinajstić information content (AvgIpc) is 2.63. The van der Waals surface area contributed by atoms with Crippen LogP contribution in [0.15, 0.2) is 59.6 Å². The smallest absolute Gasteiger partial charge is 0.234 e. The van der Waals surface area contributed by atoms with Crippen molar-refractivity contribution in [2.45, 2.75) is 5.03 Å². The fourth-order valence-electron chi connectivity index (χ4n) is 2.09. The number of thioether (sulfide) groups is 1. The molecule has 0 fully saturated rings. The van der Waals surface area contributed by atoms with Gasteiger partial charge in [-0.25, -0.2) is 8.78 Å². The van der Waals surface area contributed by atoms with Gasteiger partial charge in [0.2, 0.25) is 5.91 Å². The first-order chi connectivity index (χ1) is 12.5. The van der Waals surface area contributed by atoms with E-state index >= 15 is 0 Å². The van der Waals surface area contributed by atoms with Crippen LogP contribution in [0.5, 0.6) is 0 Å². The van der Waals surface area contributed by atoms with Crippen molar-refractivity contribution in [1.29, 1.82) is 0 Å². The zero-order chi connectivity index (χ0) is 18.5. The second kappa shape index (κ2) is 8.25. The summed E-state index contributed by atoms with van der Waals surface area (Å²) in [6.07, 6.45) is 0. The van der Waals surface area contributed by atoms with Crippen molar-refractivity contribution in [2.24, 2.45) is 0 Å². The Morgan fingerprint density at radius 2 is 1.81 bits per heavy atom. The van der Waals surface area contributed by atoms with Crippen LogP contribution in [0.2, 0.25) is 5.02 Å². The number of hydrogen-bond acceptors (Lipinski definition) is 4. The van der Waals surface area contributed by atoms with Crippen LogP contribution in [0.25, 0.3) is 11.3 Å². The lowest BCUT2D eigenvalue weighted by Crippen LogP contribution is -2.15. The highest BCUT2D eigenvalue weighted by Gasteiger charge is 2.09. The van der Waals surface area contributed by atoms with Gasteiger partial charge in [-0.1, -0.05) is 35.5 Å². The van der Waals surface area contributed by atoms with Crippen molar-refractivity contribution in [3.05, 3.63) is 71.3 Å². The lowest BCUT2D eigenvalue weighted by molar-refractivity contribution is -0.113. The maximum atomic E-state index is 13.5. The van der Waals surface area contributed by atoms with Gasteiger partial charge in [0.15, 0.2) is 0 Å². The fraction of sp³-hybridized carbons (Fsp3) is 0.0556. The average molecular weight is 392 g/mol. The first-order valence-electron chi connectivity index (χ1n) is 7.48. The van der Waals surface area contributed by atoms with Gasteiger partial charge in [0.05, 0.1) is 17.1 Å². The number of amides is 1. The molecule has 4 nitrogen and oxygen atoms in total. The fourth-order valence-corrected chi connectivity index (χ4v) is 2.83. The summed E-state index contributed by atoms with van der Waals surface area (Å²) in [4.78, 5) is 11.9. The van der Waals surface area contributed by atoms with Crippen molar-refractivity contribution in [2.75, 3.05) is 11.1 Å². The van der Waals surface area contributed by atoms with E-state index in [9.17, 15) is 13.6 Å². The Bertz CT molecular complexity index is 921. The van der Waals surface area contributed by atoms with Crippen LogP contribution in [-0.4, -0.2) is 21.9 Å². The van der Waals surface area contributed by atoms with Crippen LogP contribution >= 0.6 is 23.4 Å². The maximum Gasteiger partial charge on any atom is 0.234 e. The zero-order valence-electron chi connectivity index (χ0n) is 13.2. The van der Waals surface area contributed by atoms with E-state index in [2.05, 4.69) is 15.5 Å². The molecule has 0 saturated carbocycles. The summed E-state index contributed by atoms with van der Waals surface area (Å²) in [5.41, 5.74) is 1.49. The number of rotatable bonds is 5. The molecule has 3 aromatic rings. The van der Waals surface area contributed by atoms with E-state index in [1.165, 1.54) is 6.07 Å². The van der Waals surface area contributed by atoms with Crippen molar-refractivity contribution in [1.82, 2.24) is 10.2 Å². The molecule has 3 rings (SSSR count). The summed E-state index contributed by atoms with van der Waals surface area (Å²) >= 11 is 7.01. The van der Waals surface area contributed by atoms with E-state index < -0.39 is 17.5 Å². The highest BCUT2D eigenvalue weighted by molar-refractivity contribution is 7.99. The number of benzene rings is 2. The lowest BCUT2D eigenvalue weighted by atomic mass is 10.1. The van der Waals surface area contributed by atoms with Crippen LogP contribution in [0.3, 0.4) is 0 Å². The molecular weight excluding hydrogens is 380 g/mol. The van der Waals surface area contributed by atoms with E-state index in [0.29, 0.717) is 21.8 Å². The third kappa shape index (κ3) is 4.77. The predicted molar refractivity (Wildman–Crippen MR) is 98.2 cm³/mol. The van der Waals surface area contributed by atoms with Gasteiger partial charge in [-0.05, 0) is 36.4 Å². The number of nitrogens with zero attached hydrogens (tertiary/aromatic N) is 2. The number of carbonyl (C=O) groups excluding carboxylic acids is 1. The monoisotopic (exact) mass is 391 g/mol. The Hall–Kier alpha value is -2.51. The molecule has 0 unspecified atom stereocenters. The molecule has 0 aliphatic carbocycles. The van der Waals surface area contributed by atoms with Crippen LogP contribution in [0.4, 0.5) is 14.5 Å². The second-order valence-corrected chi connectivity index (χ2v) is 6.66. The summed E-state index contributed by atoms with van der Waals surface area (Å²) in [6.45, 7) is 0. The van der Waals surface area contributed by atoms with E-state index in [1.807, 2.05) is 12.1 Å². The molecule has 0 radical (unpaired) electrons. The standard InChI is InChI=1S/C18H12ClF2N3OS/c19-12-3-1-11(2-4-12)15-7-8-18(24-23-15)26-10-17(25)22-16-6-5-13(20)9-14(16)21/h1-9H,10H2,(H,22,25). The highest BCUT2D eigenvalue weighted by Crippen LogP contribution is 2.22. The minimum absolute atomic E-state index is 0.0196. The molecule has 0 aliphatic rings. The van der Waals surface area contributed by atoms with Gasteiger partial charge in [-0.3, -0.25) is 4.79 Å². The quantitative estimate of drug-likeness (QED) is 0.634. The number of hydrogen-bond donors (Lipinski definition) is 1. The predicted octanol–water partition coefficient (Wildman–Crippen LogP) is 4.81. The number of nitrogens with one attached hydrogen (secondary N) is 1. The molecule has 1 aromatic heterocycles. The zero-order valence-corrected chi connectivity index (χ0v) is 14.8. The molecule has 1 heterocycles. The van der Waals surface area contributed by atoms with Crippen molar-refractivity contribution < 1.29 is 13.6 Å². The SMILES string of the molecule is O=C(CSc1ccc(-c2ccc(Cl)cc2)nn1)Nc1ccc(F)cc1F. The summed E-state index contributed by atoms with van der Waals surface area (Å²) in [5.74, 6) is -1.93. The Balaban J connectivity index is 1.57. The number of aromatic nitrogens is 2. The van der Waals surface area contributed by atoms with E-state index in [1.54, 1.807) is 24.3 Å². The van der Waals surface area contributed by atoms with Gasteiger partial charge in [0.1, 0.15) is 16.7 Å². The topological polar surface area (TPSA) is 54.9 Å². The van der Waals surface area contributed by atoms with Gasteiger partial charge in [0.25, 0.3) is 0 Å². The third-order valence-corrected chi connectivity index (χ3v) is 4.51. The first-order valence-corrected chi connectivity index (χ1v) is 8.85. The Morgan fingerprint density at radius 1 is 1.04 bits per heavy atom. The largest absolute Gasteiger partial charge is 0.323 e. The molecule has 0 bridgehead atoms. The Labute approximate surface area is 157 Å². The maximum absolute atomic E-state index is 13.5. The molecule has 2 aromatic carbocycles. The number of halogens is 3. The summed E-state index contributed by atoms with van der Waals surface area (Å²) in [7, 11) is 0. The van der Waals surface area contributed by atoms with Gasteiger partial charge >= 0.3 is 0 Å². The minimum atomic E-state index is -0.824. The highest BCUT2D eigenvalue weighted by atomic mass is 35.5. The van der Waals surface area contributed by atoms with Gasteiger partial charge in [-0.15, -0.1) is 10.2 Å². The van der Waals surface area contributed by atoms with Crippen LogP contribution in [0.1, 0.15) is 0 Å². The molecule has 0 aliphatic heterocycles. The van der Waals surface area contributed by atoms with E-state index in [4.69, 9.17) is 11.6 Å². The lowest BCUT2D eigenvalue weighted by Gasteiger charge is -2.06. The molecule has 1 amide bonds. The Kier molecular flexibility index (Phi) is 5.80. The van der Waals surface area contributed by atoms with Gasteiger partial charge in [0, 0.05) is 16.7 Å². The molecule has 8 heteroatoms. The number of anilines is 1. The van der Waals surface area contributed by atoms with Gasteiger partial charge in [-0.2, -0.15) is 0 Å². The Morgan fingerprint density at radius 3 is 2.46 bits per heavy atom. The molecular formula is C18H12ClF2N3OS.